The molecule has 0 aliphatic carbocycles. The van der Waals surface area contributed by atoms with Crippen LogP contribution in [0.5, 0.6) is 23.0 Å². The number of pyridine rings is 1. The molecule has 44 heavy (non-hydrogen) atoms. The van der Waals surface area contributed by atoms with E-state index in [1.807, 2.05) is 43.3 Å². The van der Waals surface area contributed by atoms with Crippen molar-refractivity contribution in [3.8, 4) is 23.0 Å². The summed E-state index contributed by atoms with van der Waals surface area (Å²) in [6.07, 6.45) is 2.12. The maximum absolute atomic E-state index is 13.9. The van der Waals surface area contributed by atoms with Gasteiger partial charge in [0, 0.05) is 35.8 Å². The maximum Gasteiger partial charge on any atom is 0.246 e. The Balaban J connectivity index is 1.29. The zero-order chi connectivity index (χ0) is 30.8. The molecule has 1 aliphatic rings. The molecule has 0 radical (unpaired) electrons. The summed E-state index contributed by atoms with van der Waals surface area (Å²) in [4.78, 5) is 20.1. The normalized spacial score (nSPS) is 16.7. The smallest absolute Gasteiger partial charge is 0.246 e. The number of ether oxygens (including phenoxy) is 3. The standard InChI is InChI=1S/C35H32N2O6S/c1-23-9-15-28(16-10-23)44(39,40)34-25(19-24-7-5-4-6-8-24)22-37(35(34)38)26-11-13-27(14-12-26)43-31-17-18-36-30-21-33(42-3)32(41-2)20-29(30)31/h4-18,20-21,25,34H,19,22H2,1-3H3. The van der Waals surface area contributed by atoms with Crippen LogP contribution in [-0.2, 0) is 21.1 Å². The number of nitrogens with zero attached hydrogens (tertiary/aromatic N) is 2. The van der Waals surface area contributed by atoms with Crippen molar-refractivity contribution in [2.24, 2.45) is 5.92 Å². The lowest BCUT2D eigenvalue weighted by molar-refractivity contribution is -0.117. The van der Waals surface area contributed by atoms with E-state index in [4.69, 9.17) is 14.2 Å². The molecule has 6 rings (SSSR count). The summed E-state index contributed by atoms with van der Waals surface area (Å²) in [7, 11) is -0.797. The van der Waals surface area contributed by atoms with Gasteiger partial charge in [-0.3, -0.25) is 9.78 Å². The minimum atomic E-state index is -3.94. The van der Waals surface area contributed by atoms with Crippen LogP contribution in [0.25, 0.3) is 10.9 Å². The number of fused-ring (bicyclic) bond motifs is 1. The Morgan fingerprint density at radius 2 is 1.52 bits per heavy atom. The monoisotopic (exact) mass is 608 g/mol. The van der Waals surface area contributed by atoms with Crippen LogP contribution in [0.3, 0.4) is 0 Å². The molecule has 1 fully saturated rings. The molecule has 2 atom stereocenters. The average Bonchev–Trinajstić information content (AvgIpc) is 3.37. The van der Waals surface area contributed by atoms with E-state index in [2.05, 4.69) is 4.98 Å². The van der Waals surface area contributed by atoms with Gasteiger partial charge in [-0.05, 0) is 67.4 Å². The second-order valence-corrected chi connectivity index (χ2v) is 12.9. The predicted molar refractivity (Wildman–Crippen MR) is 170 cm³/mol. The molecular formula is C35H32N2O6S. The van der Waals surface area contributed by atoms with E-state index in [0.717, 1.165) is 16.5 Å². The first-order valence-electron chi connectivity index (χ1n) is 14.2. The largest absolute Gasteiger partial charge is 0.493 e. The van der Waals surface area contributed by atoms with Crippen LogP contribution in [-0.4, -0.2) is 45.3 Å². The third-order valence-corrected chi connectivity index (χ3v) is 10.1. The third kappa shape index (κ3) is 5.58. The first-order valence-corrected chi connectivity index (χ1v) is 15.8. The van der Waals surface area contributed by atoms with Crippen molar-refractivity contribution in [1.29, 1.82) is 0 Å². The van der Waals surface area contributed by atoms with Gasteiger partial charge in [0.25, 0.3) is 0 Å². The molecule has 1 aromatic heterocycles. The minimum absolute atomic E-state index is 0.156. The van der Waals surface area contributed by atoms with Crippen molar-refractivity contribution in [1.82, 2.24) is 4.98 Å². The van der Waals surface area contributed by atoms with Gasteiger partial charge in [0.1, 0.15) is 16.7 Å². The van der Waals surface area contributed by atoms with Crippen molar-refractivity contribution >= 4 is 32.3 Å². The summed E-state index contributed by atoms with van der Waals surface area (Å²) in [6.45, 7) is 2.18. The third-order valence-electron chi connectivity index (χ3n) is 7.96. The van der Waals surface area contributed by atoms with E-state index in [9.17, 15) is 13.2 Å². The topological polar surface area (TPSA) is 95.0 Å². The highest BCUT2D eigenvalue weighted by Gasteiger charge is 2.49. The summed E-state index contributed by atoms with van der Waals surface area (Å²) in [5.41, 5.74) is 3.22. The van der Waals surface area contributed by atoms with Crippen LogP contribution in [0.1, 0.15) is 11.1 Å². The molecule has 8 nitrogen and oxygen atoms in total. The zero-order valence-corrected chi connectivity index (χ0v) is 25.5. The Hall–Kier alpha value is -4.89. The van der Waals surface area contributed by atoms with E-state index >= 15 is 0 Å². The number of aromatic nitrogens is 1. The Labute approximate surface area is 256 Å². The first-order chi connectivity index (χ1) is 21.3. The fourth-order valence-electron chi connectivity index (χ4n) is 5.71. The predicted octanol–water partition coefficient (Wildman–Crippen LogP) is 6.40. The van der Waals surface area contributed by atoms with Gasteiger partial charge in [0.05, 0.1) is 24.6 Å². The summed E-state index contributed by atoms with van der Waals surface area (Å²) in [5, 5.41) is -0.451. The van der Waals surface area contributed by atoms with Gasteiger partial charge in [-0.25, -0.2) is 8.42 Å². The van der Waals surface area contributed by atoms with E-state index < -0.39 is 26.9 Å². The molecule has 224 valence electrons. The van der Waals surface area contributed by atoms with Crippen LogP contribution in [0.4, 0.5) is 5.69 Å². The maximum atomic E-state index is 13.9. The molecule has 1 aliphatic heterocycles. The number of anilines is 1. The molecule has 0 bridgehead atoms. The van der Waals surface area contributed by atoms with Crippen LogP contribution < -0.4 is 19.1 Å². The summed E-state index contributed by atoms with van der Waals surface area (Å²) in [6, 6.07) is 28.8. The SMILES string of the molecule is COc1cc2nccc(Oc3ccc(N4CC(Cc5ccccc5)C(S(=O)(=O)c5ccc(C)cc5)C4=O)cc3)c2cc1OC. The lowest BCUT2D eigenvalue weighted by Crippen LogP contribution is -2.36. The van der Waals surface area contributed by atoms with Crippen LogP contribution in [0.2, 0.25) is 0 Å². The Morgan fingerprint density at radius 3 is 2.20 bits per heavy atom. The number of benzene rings is 4. The number of carbonyl (C=O) groups excluding carboxylic acids is 1. The van der Waals surface area contributed by atoms with Gasteiger partial charge in [-0.1, -0.05) is 48.0 Å². The van der Waals surface area contributed by atoms with Crippen molar-refractivity contribution in [3.05, 3.63) is 114 Å². The molecule has 0 spiro atoms. The average molecular weight is 609 g/mol. The lowest BCUT2D eigenvalue weighted by atomic mass is 9.98. The Kier molecular flexibility index (Phi) is 7.97. The van der Waals surface area contributed by atoms with Crippen molar-refractivity contribution < 1.29 is 27.4 Å². The first kappa shape index (κ1) is 29.2. The molecule has 5 aromatic rings. The fourth-order valence-corrected chi connectivity index (χ4v) is 7.61. The number of rotatable bonds is 9. The van der Waals surface area contributed by atoms with Crippen molar-refractivity contribution in [2.75, 3.05) is 25.7 Å². The van der Waals surface area contributed by atoms with Gasteiger partial charge in [0.15, 0.2) is 21.3 Å². The van der Waals surface area contributed by atoms with E-state index in [1.54, 1.807) is 86.0 Å². The number of sulfone groups is 1. The van der Waals surface area contributed by atoms with Gasteiger partial charge >= 0.3 is 0 Å². The zero-order valence-electron chi connectivity index (χ0n) is 24.6. The Morgan fingerprint density at radius 1 is 0.841 bits per heavy atom. The van der Waals surface area contributed by atoms with Crippen molar-refractivity contribution in [2.45, 2.75) is 23.5 Å². The summed E-state index contributed by atoms with van der Waals surface area (Å²) < 4.78 is 44.9. The molecular weight excluding hydrogens is 576 g/mol. The second kappa shape index (κ2) is 12.0. The number of aryl methyl sites for hydroxylation is 1. The van der Waals surface area contributed by atoms with Gasteiger partial charge in [0.2, 0.25) is 5.91 Å². The Bertz CT molecular complexity index is 1910. The highest BCUT2D eigenvalue weighted by Crippen LogP contribution is 2.38. The molecule has 2 unspecified atom stereocenters. The molecule has 2 heterocycles. The summed E-state index contributed by atoms with van der Waals surface area (Å²) >= 11 is 0. The molecule has 0 saturated carbocycles. The molecule has 0 N–H and O–H groups in total. The highest BCUT2D eigenvalue weighted by molar-refractivity contribution is 7.92. The van der Waals surface area contributed by atoms with E-state index in [-0.39, 0.29) is 11.4 Å². The molecule has 1 amide bonds. The van der Waals surface area contributed by atoms with Gasteiger partial charge in [-0.2, -0.15) is 0 Å². The van der Waals surface area contributed by atoms with Gasteiger partial charge in [-0.15, -0.1) is 0 Å². The van der Waals surface area contributed by atoms with E-state index in [1.165, 1.54) is 0 Å². The highest BCUT2D eigenvalue weighted by atomic mass is 32.2. The molecule has 9 heteroatoms. The number of carbonyl (C=O) groups is 1. The number of amides is 1. The van der Waals surface area contributed by atoms with Gasteiger partial charge < -0.3 is 19.1 Å². The van der Waals surface area contributed by atoms with E-state index in [0.29, 0.717) is 40.6 Å². The summed E-state index contributed by atoms with van der Waals surface area (Å²) in [5.74, 6) is 1.39. The van der Waals surface area contributed by atoms with Crippen LogP contribution in [0.15, 0.2) is 108 Å². The number of methoxy groups -OCH3 is 2. The quantitative estimate of drug-likeness (QED) is 0.191. The fraction of sp³-hybridized carbons (Fsp3) is 0.200. The van der Waals surface area contributed by atoms with Crippen molar-refractivity contribution in [3.63, 3.8) is 0 Å². The minimum Gasteiger partial charge on any atom is -0.493 e. The van der Waals surface area contributed by atoms with Crippen LogP contribution >= 0.6 is 0 Å². The molecule has 4 aromatic carbocycles. The number of hydrogen-bond donors (Lipinski definition) is 0. The lowest BCUT2D eigenvalue weighted by Gasteiger charge is -2.18. The second-order valence-electron chi connectivity index (χ2n) is 10.8. The van der Waals surface area contributed by atoms with Crippen LogP contribution in [0, 0.1) is 12.8 Å². The number of hydrogen-bond acceptors (Lipinski definition) is 7. The molecule has 1 saturated heterocycles.